The van der Waals surface area contributed by atoms with E-state index in [1.807, 2.05) is 31.3 Å². The van der Waals surface area contributed by atoms with Gasteiger partial charge >= 0.3 is 0 Å². The molecular weight excluding hydrogens is 290 g/mol. The van der Waals surface area contributed by atoms with Crippen LogP contribution in [0.5, 0.6) is 0 Å². The molecule has 0 aliphatic heterocycles. The number of anilines is 1. The summed E-state index contributed by atoms with van der Waals surface area (Å²) in [7, 11) is 0. The fourth-order valence-corrected chi connectivity index (χ4v) is 1.97. The van der Waals surface area contributed by atoms with Gasteiger partial charge in [0.1, 0.15) is 5.82 Å². The maximum Gasteiger partial charge on any atom is 0.126 e. The number of nitrogens with one attached hydrogen (secondary N) is 1. The van der Waals surface area contributed by atoms with E-state index in [-0.39, 0.29) is 0 Å². The average molecular weight is 306 g/mol. The summed E-state index contributed by atoms with van der Waals surface area (Å²) in [6, 6.07) is 10.2. The van der Waals surface area contributed by atoms with Crippen LogP contribution >= 0.6 is 15.9 Å². The number of hydrogen-bond donors (Lipinski definition) is 2. The van der Waals surface area contributed by atoms with Gasteiger partial charge < -0.3 is 11.1 Å². The van der Waals surface area contributed by atoms with Crippen molar-refractivity contribution in [2.75, 3.05) is 5.32 Å². The second kappa shape index (κ2) is 5.98. The Kier molecular flexibility index (Phi) is 4.33. The molecule has 0 saturated carbocycles. The van der Waals surface area contributed by atoms with Gasteiger partial charge in [0.2, 0.25) is 0 Å². The zero-order chi connectivity index (χ0) is 13.0. The SMILES string of the molecule is Cc1cc(NCc2ccccc2CN)ncc1Br. The van der Waals surface area contributed by atoms with Crippen LogP contribution in [0.25, 0.3) is 0 Å². The summed E-state index contributed by atoms with van der Waals surface area (Å²) in [5.41, 5.74) is 9.26. The standard InChI is InChI=1S/C14H16BrN3/c1-10-6-14(18-9-13(10)15)17-8-12-5-3-2-4-11(12)7-16/h2-6,9H,7-8,16H2,1H3,(H,17,18). The molecule has 0 fully saturated rings. The molecule has 2 aromatic rings. The van der Waals surface area contributed by atoms with Gasteiger partial charge in [-0.25, -0.2) is 4.98 Å². The Balaban J connectivity index is 2.09. The molecule has 18 heavy (non-hydrogen) atoms. The molecule has 1 aromatic heterocycles. The molecule has 0 spiro atoms. The lowest BCUT2D eigenvalue weighted by Gasteiger charge is -2.10. The second-order valence-corrected chi connectivity index (χ2v) is 5.00. The van der Waals surface area contributed by atoms with Gasteiger partial charge in [0.05, 0.1) is 0 Å². The van der Waals surface area contributed by atoms with Crippen molar-refractivity contribution in [3.63, 3.8) is 0 Å². The third-order valence-corrected chi connectivity index (χ3v) is 3.68. The number of benzene rings is 1. The van der Waals surface area contributed by atoms with Crippen LogP contribution in [0.2, 0.25) is 0 Å². The molecule has 0 radical (unpaired) electrons. The minimum atomic E-state index is 0.560. The van der Waals surface area contributed by atoms with Crippen molar-refractivity contribution < 1.29 is 0 Å². The topological polar surface area (TPSA) is 50.9 Å². The largest absolute Gasteiger partial charge is 0.366 e. The first kappa shape index (κ1) is 13.1. The maximum atomic E-state index is 5.71. The lowest BCUT2D eigenvalue weighted by Crippen LogP contribution is -2.07. The van der Waals surface area contributed by atoms with Crippen LogP contribution in [0.1, 0.15) is 16.7 Å². The van der Waals surface area contributed by atoms with Crippen molar-refractivity contribution in [3.05, 3.63) is 57.7 Å². The van der Waals surface area contributed by atoms with Crippen molar-refractivity contribution in [2.24, 2.45) is 5.73 Å². The van der Waals surface area contributed by atoms with Gasteiger partial charge in [-0.2, -0.15) is 0 Å². The first-order valence-electron chi connectivity index (χ1n) is 5.83. The molecule has 4 heteroatoms. The predicted octanol–water partition coefficient (Wildman–Crippen LogP) is 3.22. The smallest absolute Gasteiger partial charge is 0.126 e. The van der Waals surface area contributed by atoms with E-state index in [1.54, 1.807) is 0 Å². The maximum absolute atomic E-state index is 5.71. The highest BCUT2D eigenvalue weighted by molar-refractivity contribution is 9.10. The average Bonchev–Trinajstić information content (AvgIpc) is 2.40. The summed E-state index contributed by atoms with van der Waals surface area (Å²) < 4.78 is 1.02. The van der Waals surface area contributed by atoms with E-state index in [1.165, 1.54) is 16.7 Å². The van der Waals surface area contributed by atoms with E-state index >= 15 is 0 Å². The van der Waals surface area contributed by atoms with Gasteiger partial charge in [-0.05, 0) is 45.6 Å². The lowest BCUT2D eigenvalue weighted by molar-refractivity contribution is 1.00. The Morgan fingerprint density at radius 2 is 2.00 bits per heavy atom. The van der Waals surface area contributed by atoms with Gasteiger partial charge in [-0.1, -0.05) is 24.3 Å². The fraction of sp³-hybridized carbons (Fsp3) is 0.214. The van der Waals surface area contributed by atoms with Gasteiger partial charge in [0, 0.05) is 23.8 Å². The Labute approximate surface area is 116 Å². The van der Waals surface area contributed by atoms with Gasteiger partial charge in [-0.3, -0.25) is 0 Å². The summed E-state index contributed by atoms with van der Waals surface area (Å²) in [6.45, 7) is 3.34. The number of aryl methyl sites for hydroxylation is 1. The van der Waals surface area contributed by atoms with E-state index in [2.05, 4.69) is 38.4 Å². The molecule has 3 nitrogen and oxygen atoms in total. The van der Waals surface area contributed by atoms with E-state index in [9.17, 15) is 0 Å². The van der Waals surface area contributed by atoms with Crippen LogP contribution in [0.4, 0.5) is 5.82 Å². The fourth-order valence-electron chi connectivity index (χ4n) is 1.75. The minimum Gasteiger partial charge on any atom is -0.366 e. The van der Waals surface area contributed by atoms with Crippen molar-refractivity contribution in [3.8, 4) is 0 Å². The van der Waals surface area contributed by atoms with Crippen LogP contribution < -0.4 is 11.1 Å². The summed E-state index contributed by atoms with van der Waals surface area (Å²) in [6.07, 6.45) is 1.81. The zero-order valence-electron chi connectivity index (χ0n) is 10.3. The number of rotatable bonds is 4. The van der Waals surface area contributed by atoms with E-state index in [0.29, 0.717) is 6.54 Å². The van der Waals surface area contributed by atoms with Crippen molar-refractivity contribution >= 4 is 21.7 Å². The molecule has 0 unspecified atom stereocenters. The molecule has 94 valence electrons. The third kappa shape index (κ3) is 3.09. The molecule has 2 rings (SSSR count). The third-order valence-electron chi connectivity index (χ3n) is 2.85. The van der Waals surface area contributed by atoms with Crippen molar-refractivity contribution in [1.29, 1.82) is 0 Å². The Bertz CT molecular complexity index is 540. The molecule has 0 aliphatic rings. The quantitative estimate of drug-likeness (QED) is 0.912. The van der Waals surface area contributed by atoms with E-state index in [4.69, 9.17) is 5.73 Å². The molecule has 0 atom stereocenters. The number of nitrogens with zero attached hydrogens (tertiary/aromatic N) is 1. The highest BCUT2D eigenvalue weighted by Crippen LogP contribution is 2.18. The van der Waals surface area contributed by atoms with E-state index < -0.39 is 0 Å². The summed E-state index contributed by atoms with van der Waals surface area (Å²) in [5, 5.41) is 3.32. The van der Waals surface area contributed by atoms with Crippen molar-refractivity contribution in [1.82, 2.24) is 4.98 Å². The van der Waals surface area contributed by atoms with E-state index in [0.717, 1.165) is 16.8 Å². The Morgan fingerprint density at radius 1 is 1.28 bits per heavy atom. The van der Waals surface area contributed by atoms with Gasteiger partial charge in [0.15, 0.2) is 0 Å². The zero-order valence-corrected chi connectivity index (χ0v) is 11.9. The number of hydrogen-bond acceptors (Lipinski definition) is 3. The van der Waals surface area contributed by atoms with Crippen LogP contribution in [0.3, 0.4) is 0 Å². The van der Waals surface area contributed by atoms with Gasteiger partial charge in [-0.15, -0.1) is 0 Å². The first-order valence-corrected chi connectivity index (χ1v) is 6.63. The predicted molar refractivity (Wildman–Crippen MR) is 78.3 cm³/mol. The van der Waals surface area contributed by atoms with Gasteiger partial charge in [0.25, 0.3) is 0 Å². The monoisotopic (exact) mass is 305 g/mol. The highest BCUT2D eigenvalue weighted by atomic mass is 79.9. The summed E-state index contributed by atoms with van der Waals surface area (Å²) in [4.78, 5) is 4.32. The molecule has 0 amide bonds. The normalized spacial score (nSPS) is 10.4. The molecule has 3 N–H and O–H groups in total. The molecule has 0 aliphatic carbocycles. The van der Waals surface area contributed by atoms with Crippen LogP contribution in [0.15, 0.2) is 41.0 Å². The Morgan fingerprint density at radius 3 is 2.67 bits per heavy atom. The number of halogens is 1. The summed E-state index contributed by atoms with van der Waals surface area (Å²) in [5.74, 6) is 0.877. The van der Waals surface area contributed by atoms with Crippen molar-refractivity contribution in [2.45, 2.75) is 20.0 Å². The highest BCUT2D eigenvalue weighted by Gasteiger charge is 2.02. The van der Waals surface area contributed by atoms with Crippen LogP contribution in [-0.4, -0.2) is 4.98 Å². The molecular formula is C14H16BrN3. The van der Waals surface area contributed by atoms with Crippen LogP contribution in [0, 0.1) is 6.92 Å². The van der Waals surface area contributed by atoms with Crippen LogP contribution in [-0.2, 0) is 13.1 Å². The Hall–Kier alpha value is -1.39. The first-order chi connectivity index (χ1) is 8.70. The molecule has 0 saturated heterocycles. The molecule has 1 aromatic carbocycles. The number of aromatic nitrogens is 1. The molecule has 1 heterocycles. The minimum absolute atomic E-state index is 0.560. The lowest BCUT2D eigenvalue weighted by atomic mass is 10.1. The number of pyridine rings is 1. The number of nitrogens with two attached hydrogens (primary N) is 1. The summed E-state index contributed by atoms with van der Waals surface area (Å²) >= 11 is 3.44. The second-order valence-electron chi connectivity index (χ2n) is 4.15. The molecule has 0 bridgehead atoms.